The van der Waals surface area contributed by atoms with Gasteiger partial charge in [0.25, 0.3) is 0 Å². The molecule has 1 N–H and O–H groups in total. The Morgan fingerprint density at radius 3 is 2.72 bits per heavy atom. The van der Waals surface area contributed by atoms with E-state index in [0.29, 0.717) is 17.8 Å². The number of nitrogens with zero attached hydrogens (tertiary/aromatic N) is 2. The van der Waals surface area contributed by atoms with E-state index in [0.717, 1.165) is 5.56 Å². The van der Waals surface area contributed by atoms with Gasteiger partial charge in [0.1, 0.15) is 6.07 Å². The number of carbonyl (C=O) groups excluding carboxylic acids is 1. The van der Waals surface area contributed by atoms with Gasteiger partial charge in [-0.05, 0) is 43.8 Å². The minimum atomic E-state index is -0.461. The maximum Gasteiger partial charge on any atom is 0.241 e. The molecule has 0 aliphatic heterocycles. The van der Waals surface area contributed by atoms with Gasteiger partial charge in [-0.15, -0.1) is 0 Å². The third-order valence-electron chi connectivity index (χ3n) is 3.99. The van der Waals surface area contributed by atoms with Crippen LogP contribution < -0.4 is 10.1 Å². The van der Waals surface area contributed by atoms with E-state index in [1.54, 1.807) is 55.3 Å². The van der Waals surface area contributed by atoms with Gasteiger partial charge in [0, 0.05) is 6.54 Å². The number of hydrogen-bond acceptors (Lipinski definition) is 4. The van der Waals surface area contributed by atoms with Crippen LogP contribution in [0.3, 0.4) is 0 Å². The van der Waals surface area contributed by atoms with E-state index in [-0.39, 0.29) is 11.7 Å². The van der Waals surface area contributed by atoms with Gasteiger partial charge in [-0.1, -0.05) is 18.2 Å². The maximum atomic E-state index is 13.8. The molecule has 0 aliphatic rings. The monoisotopic (exact) mass is 341 g/mol. The van der Waals surface area contributed by atoms with Crippen molar-refractivity contribution in [3.63, 3.8) is 0 Å². The lowest BCUT2D eigenvalue weighted by atomic mass is 10.1. The maximum absolute atomic E-state index is 13.8. The molecule has 0 saturated carbocycles. The molecule has 0 spiro atoms. The van der Waals surface area contributed by atoms with Crippen molar-refractivity contribution in [1.29, 1.82) is 5.26 Å². The molecule has 2 aromatic carbocycles. The molecular weight excluding hydrogens is 321 g/mol. The highest BCUT2D eigenvalue weighted by molar-refractivity contribution is 5.95. The number of para-hydroxylation sites is 1. The quantitative estimate of drug-likeness (QED) is 0.876. The van der Waals surface area contributed by atoms with Crippen molar-refractivity contribution in [2.45, 2.75) is 19.5 Å². The number of hydrogen-bond donors (Lipinski definition) is 1. The summed E-state index contributed by atoms with van der Waals surface area (Å²) in [6.45, 7) is 2.15. The van der Waals surface area contributed by atoms with Gasteiger partial charge in [0.15, 0.2) is 11.6 Å². The Morgan fingerprint density at radius 1 is 1.36 bits per heavy atom. The van der Waals surface area contributed by atoms with E-state index >= 15 is 0 Å². The summed E-state index contributed by atoms with van der Waals surface area (Å²) in [6, 6.07) is 13.1. The molecule has 2 aromatic rings. The number of halogens is 1. The van der Waals surface area contributed by atoms with Crippen LogP contribution in [0.5, 0.6) is 5.75 Å². The Kier molecular flexibility index (Phi) is 6.09. The smallest absolute Gasteiger partial charge is 0.241 e. The number of nitrogens with one attached hydrogen (secondary N) is 1. The highest BCUT2D eigenvalue weighted by Crippen LogP contribution is 2.19. The second-order valence-electron chi connectivity index (χ2n) is 5.71. The SMILES string of the molecule is COc1ccc(CN(C)C(C)C(=O)Nc2ccccc2C#N)cc1F. The molecular formula is C19H20FN3O2. The number of rotatable bonds is 6. The Morgan fingerprint density at radius 2 is 2.08 bits per heavy atom. The zero-order chi connectivity index (χ0) is 18.4. The number of anilines is 1. The van der Waals surface area contributed by atoms with Crippen molar-refractivity contribution in [2.24, 2.45) is 0 Å². The van der Waals surface area contributed by atoms with E-state index in [2.05, 4.69) is 5.32 Å². The molecule has 1 amide bonds. The van der Waals surface area contributed by atoms with Gasteiger partial charge >= 0.3 is 0 Å². The molecule has 0 bridgehead atoms. The van der Waals surface area contributed by atoms with Crippen molar-refractivity contribution in [3.05, 3.63) is 59.4 Å². The van der Waals surface area contributed by atoms with Gasteiger partial charge in [-0.2, -0.15) is 5.26 Å². The fourth-order valence-electron chi connectivity index (χ4n) is 2.36. The average molecular weight is 341 g/mol. The molecule has 0 radical (unpaired) electrons. The van der Waals surface area contributed by atoms with E-state index in [1.807, 2.05) is 6.07 Å². The lowest BCUT2D eigenvalue weighted by Crippen LogP contribution is -2.39. The first-order valence-electron chi connectivity index (χ1n) is 7.79. The molecule has 0 saturated heterocycles. The molecule has 6 heteroatoms. The predicted molar refractivity (Wildman–Crippen MR) is 93.7 cm³/mol. The number of nitriles is 1. The van der Waals surface area contributed by atoms with Crippen LogP contribution in [0.4, 0.5) is 10.1 Å². The number of ether oxygens (including phenoxy) is 1. The first kappa shape index (κ1) is 18.4. The summed E-state index contributed by atoms with van der Waals surface area (Å²) in [7, 11) is 3.19. The van der Waals surface area contributed by atoms with Crippen molar-refractivity contribution in [1.82, 2.24) is 4.90 Å². The molecule has 2 rings (SSSR count). The van der Waals surface area contributed by atoms with E-state index in [1.165, 1.54) is 13.2 Å². The number of benzene rings is 2. The Balaban J connectivity index is 2.04. The van der Waals surface area contributed by atoms with Crippen molar-refractivity contribution < 1.29 is 13.9 Å². The van der Waals surface area contributed by atoms with Crippen LogP contribution in [0.1, 0.15) is 18.1 Å². The van der Waals surface area contributed by atoms with Crippen LogP contribution >= 0.6 is 0 Å². The molecule has 25 heavy (non-hydrogen) atoms. The van der Waals surface area contributed by atoms with Crippen molar-refractivity contribution in [2.75, 3.05) is 19.5 Å². The lowest BCUT2D eigenvalue weighted by Gasteiger charge is -2.24. The minimum Gasteiger partial charge on any atom is -0.494 e. The molecule has 0 fully saturated rings. The van der Waals surface area contributed by atoms with Gasteiger partial charge in [0.05, 0.1) is 24.4 Å². The topological polar surface area (TPSA) is 65.4 Å². The van der Waals surface area contributed by atoms with Gasteiger partial charge in [0.2, 0.25) is 5.91 Å². The summed E-state index contributed by atoms with van der Waals surface area (Å²) in [5, 5.41) is 11.8. The second-order valence-corrected chi connectivity index (χ2v) is 5.71. The highest BCUT2D eigenvalue weighted by atomic mass is 19.1. The van der Waals surface area contributed by atoms with Crippen LogP contribution in [0.15, 0.2) is 42.5 Å². The van der Waals surface area contributed by atoms with Gasteiger partial charge in [-0.25, -0.2) is 4.39 Å². The molecule has 0 aliphatic carbocycles. The Bertz CT molecular complexity index is 801. The summed E-state index contributed by atoms with van der Waals surface area (Å²) in [5.74, 6) is -0.488. The van der Waals surface area contributed by atoms with Crippen LogP contribution in [0.2, 0.25) is 0 Å². The molecule has 5 nitrogen and oxygen atoms in total. The standard InChI is InChI=1S/C19H20FN3O2/c1-13(19(24)22-17-7-5-4-6-15(17)11-21)23(2)12-14-8-9-18(25-3)16(20)10-14/h4-10,13H,12H2,1-3H3,(H,22,24). The Labute approximate surface area is 146 Å². The number of likely N-dealkylation sites (N-methyl/N-ethyl adjacent to an activating group) is 1. The fourth-order valence-corrected chi connectivity index (χ4v) is 2.36. The zero-order valence-electron chi connectivity index (χ0n) is 14.4. The number of amides is 1. The normalized spacial score (nSPS) is 11.7. The third-order valence-corrected chi connectivity index (χ3v) is 3.99. The zero-order valence-corrected chi connectivity index (χ0v) is 14.4. The lowest BCUT2D eigenvalue weighted by molar-refractivity contribution is -0.120. The molecule has 0 heterocycles. The summed E-state index contributed by atoms with van der Waals surface area (Å²) in [5.41, 5.74) is 1.62. The van der Waals surface area contributed by atoms with Gasteiger partial charge in [-0.3, -0.25) is 9.69 Å². The first-order valence-corrected chi connectivity index (χ1v) is 7.79. The highest BCUT2D eigenvalue weighted by Gasteiger charge is 2.19. The van der Waals surface area contributed by atoms with E-state index in [4.69, 9.17) is 10.00 Å². The molecule has 130 valence electrons. The van der Waals surface area contributed by atoms with Crippen LogP contribution in [-0.4, -0.2) is 31.0 Å². The van der Waals surface area contributed by atoms with E-state index in [9.17, 15) is 9.18 Å². The number of methoxy groups -OCH3 is 1. The Hall–Kier alpha value is -2.91. The fraction of sp³-hybridized carbons (Fsp3) is 0.263. The molecule has 0 aromatic heterocycles. The van der Waals surface area contributed by atoms with Crippen LogP contribution in [-0.2, 0) is 11.3 Å². The van der Waals surface area contributed by atoms with Crippen molar-refractivity contribution in [3.8, 4) is 11.8 Å². The average Bonchev–Trinajstić information content (AvgIpc) is 2.61. The largest absolute Gasteiger partial charge is 0.494 e. The summed E-state index contributed by atoms with van der Waals surface area (Å²) in [6.07, 6.45) is 0. The molecule has 1 unspecified atom stereocenters. The third kappa shape index (κ3) is 4.55. The summed E-state index contributed by atoms with van der Waals surface area (Å²) >= 11 is 0. The van der Waals surface area contributed by atoms with Crippen LogP contribution in [0.25, 0.3) is 0 Å². The van der Waals surface area contributed by atoms with Crippen molar-refractivity contribution >= 4 is 11.6 Å². The van der Waals surface area contributed by atoms with Gasteiger partial charge < -0.3 is 10.1 Å². The minimum absolute atomic E-state index is 0.185. The summed E-state index contributed by atoms with van der Waals surface area (Å²) in [4.78, 5) is 14.2. The predicted octanol–water partition coefficient (Wildman–Crippen LogP) is 3.16. The second kappa shape index (κ2) is 8.27. The molecule has 1 atom stereocenters. The number of carbonyl (C=O) groups is 1. The van der Waals surface area contributed by atoms with Crippen LogP contribution in [0, 0.1) is 17.1 Å². The van der Waals surface area contributed by atoms with E-state index < -0.39 is 11.9 Å². The first-order chi connectivity index (χ1) is 12.0. The summed E-state index contributed by atoms with van der Waals surface area (Å²) < 4.78 is 18.7.